The van der Waals surface area contributed by atoms with Gasteiger partial charge in [0.05, 0.1) is 13.1 Å². The minimum atomic E-state index is -0.0104. The number of pyridine rings is 1. The van der Waals surface area contributed by atoms with Gasteiger partial charge in [0.2, 0.25) is 0 Å². The standard InChI is InChI=1S/C15H14N2O2/c16-9-12-5-6-13(19-12)10-17-8-7-11-3-1-2-4-14(11)15(17)18/h1-8H,9-10,16H2. The van der Waals surface area contributed by atoms with Crippen LogP contribution in [0.4, 0.5) is 0 Å². The first-order valence-corrected chi connectivity index (χ1v) is 6.14. The summed E-state index contributed by atoms with van der Waals surface area (Å²) in [4.78, 5) is 12.3. The van der Waals surface area contributed by atoms with Crippen LogP contribution in [-0.4, -0.2) is 4.57 Å². The minimum absolute atomic E-state index is 0.0104. The molecular weight excluding hydrogens is 240 g/mol. The van der Waals surface area contributed by atoms with Gasteiger partial charge in [-0.25, -0.2) is 0 Å². The van der Waals surface area contributed by atoms with Gasteiger partial charge in [0.15, 0.2) is 0 Å². The molecular formula is C15H14N2O2. The van der Waals surface area contributed by atoms with Crippen molar-refractivity contribution in [2.75, 3.05) is 0 Å². The van der Waals surface area contributed by atoms with Gasteiger partial charge >= 0.3 is 0 Å². The van der Waals surface area contributed by atoms with E-state index in [1.165, 1.54) is 0 Å². The van der Waals surface area contributed by atoms with E-state index in [1.54, 1.807) is 10.8 Å². The summed E-state index contributed by atoms with van der Waals surface area (Å²) in [5.74, 6) is 1.46. The van der Waals surface area contributed by atoms with Crippen molar-refractivity contribution in [2.24, 2.45) is 5.73 Å². The molecule has 0 saturated heterocycles. The molecule has 19 heavy (non-hydrogen) atoms. The Labute approximate surface area is 110 Å². The molecule has 0 bridgehead atoms. The van der Waals surface area contributed by atoms with E-state index < -0.39 is 0 Å². The summed E-state index contributed by atoms with van der Waals surface area (Å²) in [5, 5.41) is 1.67. The first-order valence-electron chi connectivity index (χ1n) is 6.14. The quantitative estimate of drug-likeness (QED) is 0.778. The lowest BCUT2D eigenvalue weighted by Gasteiger charge is -2.05. The molecule has 0 unspecified atom stereocenters. The van der Waals surface area contributed by atoms with E-state index in [-0.39, 0.29) is 5.56 Å². The van der Waals surface area contributed by atoms with Gasteiger partial charge in [-0.15, -0.1) is 0 Å². The number of fused-ring (bicyclic) bond motifs is 1. The Bertz CT molecular complexity index is 771. The van der Waals surface area contributed by atoms with Gasteiger partial charge in [-0.2, -0.15) is 0 Å². The maximum absolute atomic E-state index is 12.3. The number of rotatable bonds is 3. The zero-order chi connectivity index (χ0) is 13.2. The van der Waals surface area contributed by atoms with Gasteiger partial charge in [-0.05, 0) is 29.7 Å². The smallest absolute Gasteiger partial charge is 0.258 e. The highest BCUT2D eigenvalue weighted by Crippen LogP contribution is 2.11. The van der Waals surface area contributed by atoms with Crippen molar-refractivity contribution in [1.29, 1.82) is 0 Å². The first kappa shape index (κ1) is 11.7. The van der Waals surface area contributed by atoms with Crippen LogP contribution in [0.2, 0.25) is 0 Å². The molecule has 0 aliphatic carbocycles. The Morgan fingerprint density at radius 2 is 1.84 bits per heavy atom. The largest absolute Gasteiger partial charge is 0.463 e. The second-order valence-electron chi connectivity index (χ2n) is 4.41. The number of hydrogen-bond acceptors (Lipinski definition) is 3. The Hall–Kier alpha value is -2.33. The van der Waals surface area contributed by atoms with Crippen LogP contribution >= 0.6 is 0 Å². The molecule has 4 heteroatoms. The SMILES string of the molecule is NCc1ccc(Cn2ccc3ccccc3c2=O)o1. The van der Waals surface area contributed by atoms with E-state index in [9.17, 15) is 4.79 Å². The molecule has 0 fully saturated rings. The van der Waals surface area contributed by atoms with Gasteiger partial charge in [-0.3, -0.25) is 4.79 Å². The van der Waals surface area contributed by atoms with Crippen molar-refractivity contribution in [3.05, 3.63) is 70.5 Å². The third kappa shape index (κ3) is 2.18. The van der Waals surface area contributed by atoms with Crippen LogP contribution < -0.4 is 11.3 Å². The maximum Gasteiger partial charge on any atom is 0.258 e. The van der Waals surface area contributed by atoms with Crippen LogP contribution in [-0.2, 0) is 13.1 Å². The van der Waals surface area contributed by atoms with Gasteiger partial charge in [0.1, 0.15) is 11.5 Å². The van der Waals surface area contributed by atoms with Crippen molar-refractivity contribution in [3.63, 3.8) is 0 Å². The molecule has 0 saturated carbocycles. The van der Waals surface area contributed by atoms with E-state index in [0.29, 0.717) is 13.1 Å². The molecule has 2 heterocycles. The molecule has 3 aromatic rings. The second kappa shape index (κ2) is 4.74. The molecule has 0 radical (unpaired) electrons. The average Bonchev–Trinajstić information content (AvgIpc) is 2.90. The molecule has 96 valence electrons. The number of nitrogens with zero attached hydrogens (tertiary/aromatic N) is 1. The molecule has 0 aliphatic heterocycles. The Morgan fingerprint density at radius 3 is 2.63 bits per heavy atom. The third-order valence-electron chi connectivity index (χ3n) is 3.13. The van der Waals surface area contributed by atoms with Gasteiger partial charge in [0, 0.05) is 11.6 Å². The van der Waals surface area contributed by atoms with E-state index >= 15 is 0 Å². The molecule has 1 aromatic carbocycles. The predicted octanol–water partition coefficient (Wildman–Crippen LogP) is 2.10. The summed E-state index contributed by atoms with van der Waals surface area (Å²) in [7, 11) is 0. The number of aromatic nitrogens is 1. The van der Waals surface area contributed by atoms with Crippen molar-refractivity contribution < 1.29 is 4.42 Å². The highest BCUT2D eigenvalue weighted by Gasteiger charge is 2.05. The Morgan fingerprint density at radius 1 is 1.05 bits per heavy atom. The number of benzene rings is 1. The molecule has 0 amide bonds. The normalized spacial score (nSPS) is 11.0. The first-order chi connectivity index (χ1) is 9.28. The van der Waals surface area contributed by atoms with Crippen LogP contribution in [0.15, 0.2) is 57.9 Å². The fourth-order valence-corrected chi connectivity index (χ4v) is 2.14. The van der Waals surface area contributed by atoms with E-state index in [4.69, 9.17) is 10.2 Å². The molecule has 0 atom stereocenters. The molecule has 3 rings (SSSR count). The number of nitrogens with two attached hydrogens (primary N) is 1. The monoisotopic (exact) mass is 254 g/mol. The summed E-state index contributed by atoms with van der Waals surface area (Å²) in [5.41, 5.74) is 5.49. The van der Waals surface area contributed by atoms with Crippen molar-refractivity contribution in [2.45, 2.75) is 13.1 Å². The zero-order valence-electron chi connectivity index (χ0n) is 10.4. The van der Waals surface area contributed by atoms with Gasteiger partial charge in [0.25, 0.3) is 5.56 Å². The second-order valence-corrected chi connectivity index (χ2v) is 4.41. The topological polar surface area (TPSA) is 61.2 Å². The summed E-state index contributed by atoms with van der Waals surface area (Å²) < 4.78 is 7.16. The highest BCUT2D eigenvalue weighted by molar-refractivity contribution is 5.81. The van der Waals surface area contributed by atoms with Crippen molar-refractivity contribution in [3.8, 4) is 0 Å². The minimum Gasteiger partial charge on any atom is -0.463 e. The lowest BCUT2D eigenvalue weighted by Crippen LogP contribution is -2.19. The molecule has 0 spiro atoms. The van der Waals surface area contributed by atoms with Gasteiger partial charge < -0.3 is 14.7 Å². The van der Waals surface area contributed by atoms with Crippen LogP contribution in [0.25, 0.3) is 10.8 Å². The average molecular weight is 254 g/mol. The lowest BCUT2D eigenvalue weighted by atomic mass is 10.2. The van der Waals surface area contributed by atoms with Gasteiger partial charge in [-0.1, -0.05) is 18.2 Å². The summed E-state index contributed by atoms with van der Waals surface area (Å²) >= 11 is 0. The zero-order valence-corrected chi connectivity index (χ0v) is 10.4. The predicted molar refractivity (Wildman–Crippen MR) is 73.9 cm³/mol. The third-order valence-corrected chi connectivity index (χ3v) is 3.13. The van der Waals surface area contributed by atoms with Crippen LogP contribution in [0.1, 0.15) is 11.5 Å². The van der Waals surface area contributed by atoms with E-state index in [0.717, 1.165) is 22.3 Å². The Kier molecular flexibility index (Phi) is 2.93. The Balaban J connectivity index is 2.01. The maximum atomic E-state index is 12.3. The van der Waals surface area contributed by atoms with E-state index in [2.05, 4.69) is 0 Å². The van der Waals surface area contributed by atoms with E-state index in [1.807, 2.05) is 42.5 Å². The van der Waals surface area contributed by atoms with Crippen molar-refractivity contribution >= 4 is 10.8 Å². The van der Waals surface area contributed by atoms with Crippen molar-refractivity contribution in [1.82, 2.24) is 4.57 Å². The van der Waals surface area contributed by atoms with Crippen LogP contribution in [0.3, 0.4) is 0 Å². The van der Waals surface area contributed by atoms with Crippen LogP contribution in [0, 0.1) is 0 Å². The van der Waals surface area contributed by atoms with Crippen LogP contribution in [0.5, 0.6) is 0 Å². The highest BCUT2D eigenvalue weighted by atomic mass is 16.3. The lowest BCUT2D eigenvalue weighted by molar-refractivity contribution is 0.453. The fourth-order valence-electron chi connectivity index (χ4n) is 2.14. The summed E-state index contributed by atoms with van der Waals surface area (Å²) in [6.45, 7) is 0.788. The molecule has 2 N–H and O–H groups in total. The number of furan rings is 1. The molecule has 4 nitrogen and oxygen atoms in total. The molecule has 2 aromatic heterocycles. The molecule has 0 aliphatic rings. The summed E-state index contributed by atoms with van der Waals surface area (Å²) in [6, 6.07) is 13.2. The fraction of sp³-hybridized carbons (Fsp3) is 0.133. The number of hydrogen-bond donors (Lipinski definition) is 1. The summed E-state index contributed by atoms with van der Waals surface area (Å²) in [6.07, 6.45) is 1.79.